The largest absolute Gasteiger partial charge is 0.496 e. The summed E-state index contributed by atoms with van der Waals surface area (Å²) in [5, 5.41) is -0.103. The zero-order valence-corrected chi connectivity index (χ0v) is 12.5. The molecule has 102 valence electrons. The van der Waals surface area contributed by atoms with Gasteiger partial charge in [0.15, 0.2) is 0 Å². The Kier molecular flexibility index (Phi) is 4.20. The van der Waals surface area contributed by atoms with Gasteiger partial charge >= 0.3 is 0 Å². The van der Waals surface area contributed by atoms with Crippen molar-refractivity contribution in [2.45, 2.75) is 32.6 Å². The molecule has 1 heterocycles. The van der Waals surface area contributed by atoms with E-state index in [1.165, 1.54) is 0 Å². The van der Waals surface area contributed by atoms with Crippen molar-refractivity contribution >= 4 is 11.6 Å². The van der Waals surface area contributed by atoms with Crippen LogP contribution in [0.2, 0.25) is 0 Å². The first-order valence-electron chi connectivity index (χ1n) is 6.37. The number of ether oxygens (including phenoxy) is 1. The van der Waals surface area contributed by atoms with Crippen LogP contribution in [-0.4, -0.2) is 7.11 Å². The summed E-state index contributed by atoms with van der Waals surface area (Å²) < 4.78 is 11.0. The third kappa shape index (κ3) is 2.79. The molecular formula is C16H19ClO2. The third-order valence-corrected chi connectivity index (χ3v) is 3.89. The summed E-state index contributed by atoms with van der Waals surface area (Å²) in [4.78, 5) is 0. The van der Waals surface area contributed by atoms with Crippen molar-refractivity contribution < 1.29 is 9.15 Å². The summed E-state index contributed by atoms with van der Waals surface area (Å²) in [7, 11) is 1.68. The molecule has 0 spiro atoms. The Bertz CT molecular complexity index is 572. The molecule has 19 heavy (non-hydrogen) atoms. The average molecular weight is 279 g/mol. The van der Waals surface area contributed by atoms with E-state index in [9.17, 15) is 0 Å². The minimum atomic E-state index is -0.103. The van der Waals surface area contributed by atoms with Crippen LogP contribution in [0.5, 0.6) is 5.75 Å². The molecule has 1 aromatic carbocycles. The van der Waals surface area contributed by atoms with Gasteiger partial charge in [-0.25, -0.2) is 0 Å². The molecule has 2 aromatic rings. The first-order valence-corrected chi connectivity index (χ1v) is 6.80. The van der Waals surface area contributed by atoms with Crippen LogP contribution in [0, 0.1) is 20.8 Å². The van der Waals surface area contributed by atoms with Gasteiger partial charge in [-0.3, -0.25) is 0 Å². The molecule has 0 bridgehead atoms. The molecule has 2 rings (SSSR count). The van der Waals surface area contributed by atoms with E-state index in [-0.39, 0.29) is 5.38 Å². The average Bonchev–Trinajstić information content (AvgIpc) is 2.64. The van der Waals surface area contributed by atoms with E-state index in [2.05, 4.69) is 6.92 Å². The topological polar surface area (TPSA) is 22.4 Å². The first-order chi connectivity index (χ1) is 9.04. The molecule has 2 nitrogen and oxygen atoms in total. The number of benzene rings is 1. The molecule has 0 fully saturated rings. The van der Waals surface area contributed by atoms with Gasteiger partial charge in [0.25, 0.3) is 0 Å². The number of aryl methyl sites for hydroxylation is 2. The van der Waals surface area contributed by atoms with Crippen molar-refractivity contribution in [3.8, 4) is 5.75 Å². The zero-order valence-electron chi connectivity index (χ0n) is 11.8. The zero-order chi connectivity index (χ0) is 14.0. The number of halogens is 1. The lowest BCUT2D eigenvalue weighted by molar-refractivity contribution is 0.409. The van der Waals surface area contributed by atoms with E-state index in [0.717, 1.165) is 40.4 Å². The first kappa shape index (κ1) is 14.0. The highest BCUT2D eigenvalue weighted by atomic mass is 35.5. The maximum atomic E-state index is 6.58. The molecule has 0 radical (unpaired) electrons. The summed E-state index contributed by atoms with van der Waals surface area (Å²) in [5.41, 5.74) is 3.36. The minimum Gasteiger partial charge on any atom is -0.496 e. The van der Waals surface area contributed by atoms with Crippen molar-refractivity contribution in [1.82, 2.24) is 0 Å². The number of rotatable bonds is 4. The van der Waals surface area contributed by atoms with Crippen LogP contribution in [0.15, 0.2) is 28.7 Å². The van der Waals surface area contributed by atoms with Gasteiger partial charge in [-0.15, -0.1) is 11.6 Å². The molecule has 0 saturated carbocycles. The summed E-state index contributed by atoms with van der Waals surface area (Å²) in [6.07, 6.45) is 0.728. The predicted octanol–water partition coefficient (Wildman–Crippen LogP) is 4.74. The lowest BCUT2D eigenvalue weighted by Crippen LogP contribution is -2.00. The third-order valence-electron chi connectivity index (χ3n) is 3.52. The monoisotopic (exact) mass is 278 g/mol. The van der Waals surface area contributed by atoms with Gasteiger partial charge in [0.05, 0.1) is 12.5 Å². The number of para-hydroxylation sites is 1. The maximum absolute atomic E-state index is 6.58. The van der Waals surface area contributed by atoms with Crippen LogP contribution in [0.1, 0.15) is 33.6 Å². The molecule has 0 saturated heterocycles. The van der Waals surface area contributed by atoms with E-state index in [1.807, 2.05) is 38.1 Å². The van der Waals surface area contributed by atoms with Crippen molar-refractivity contribution in [2.75, 3.05) is 7.11 Å². The van der Waals surface area contributed by atoms with Gasteiger partial charge in [0, 0.05) is 5.56 Å². The number of furan rings is 1. The predicted molar refractivity (Wildman–Crippen MR) is 78.2 cm³/mol. The van der Waals surface area contributed by atoms with Crippen LogP contribution in [0.25, 0.3) is 0 Å². The van der Waals surface area contributed by atoms with Gasteiger partial charge in [-0.05, 0) is 44.4 Å². The Labute approximate surface area is 119 Å². The fourth-order valence-electron chi connectivity index (χ4n) is 2.44. The normalized spacial score (nSPS) is 12.5. The van der Waals surface area contributed by atoms with E-state index in [0.29, 0.717) is 0 Å². The summed E-state index contributed by atoms with van der Waals surface area (Å²) in [6.45, 7) is 5.99. The van der Waals surface area contributed by atoms with Crippen molar-refractivity contribution in [1.29, 1.82) is 0 Å². The molecular weight excluding hydrogens is 260 g/mol. The van der Waals surface area contributed by atoms with E-state index in [4.69, 9.17) is 20.8 Å². The van der Waals surface area contributed by atoms with E-state index in [1.54, 1.807) is 7.11 Å². The second kappa shape index (κ2) is 5.70. The summed E-state index contributed by atoms with van der Waals surface area (Å²) >= 11 is 6.58. The van der Waals surface area contributed by atoms with E-state index < -0.39 is 0 Å². The van der Waals surface area contributed by atoms with Crippen molar-refractivity contribution in [2.24, 2.45) is 0 Å². The van der Waals surface area contributed by atoms with E-state index >= 15 is 0 Å². The standard InChI is InChI=1S/C16H19ClO2/c1-10-11(2)19-12(3)16(10)14(17)9-13-7-5-6-8-15(13)18-4/h5-8,14H,9H2,1-4H3. The number of hydrogen-bond donors (Lipinski definition) is 0. The van der Waals surface area contributed by atoms with Gasteiger partial charge in [-0.2, -0.15) is 0 Å². The van der Waals surface area contributed by atoms with Crippen LogP contribution in [0.3, 0.4) is 0 Å². The molecule has 1 aromatic heterocycles. The van der Waals surface area contributed by atoms with Gasteiger partial charge in [0.1, 0.15) is 17.3 Å². The summed E-state index contributed by atoms with van der Waals surface area (Å²) in [5.74, 6) is 2.73. The Hall–Kier alpha value is -1.41. The van der Waals surface area contributed by atoms with Crippen molar-refractivity contribution in [3.63, 3.8) is 0 Å². The highest BCUT2D eigenvalue weighted by Gasteiger charge is 2.20. The highest BCUT2D eigenvalue weighted by molar-refractivity contribution is 6.21. The van der Waals surface area contributed by atoms with Crippen LogP contribution in [0.4, 0.5) is 0 Å². The Balaban J connectivity index is 2.28. The lowest BCUT2D eigenvalue weighted by atomic mass is 10.00. The maximum Gasteiger partial charge on any atom is 0.122 e. The number of alkyl halides is 1. The highest BCUT2D eigenvalue weighted by Crippen LogP contribution is 2.35. The number of methoxy groups -OCH3 is 1. The molecule has 0 N–H and O–H groups in total. The second-order valence-corrected chi connectivity index (χ2v) is 5.26. The quantitative estimate of drug-likeness (QED) is 0.754. The number of hydrogen-bond acceptors (Lipinski definition) is 2. The van der Waals surface area contributed by atoms with Crippen LogP contribution >= 0.6 is 11.6 Å². The molecule has 0 aliphatic heterocycles. The molecule has 0 aliphatic rings. The second-order valence-electron chi connectivity index (χ2n) is 4.74. The lowest BCUT2D eigenvalue weighted by Gasteiger charge is -2.13. The van der Waals surface area contributed by atoms with Crippen molar-refractivity contribution in [3.05, 3.63) is 52.5 Å². The Morgan fingerprint density at radius 3 is 2.42 bits per heavy atom. The molecule has 1 atom stereocenters. The minimum absolute atomic E-state index is 0.103. The van der Waals surface area contributed by atoms with Gasteiger partial charge in [0.2, 0.25) is 0 Å². The van der Waals surface area contributed by atoms with Gasteiger partial charge in [-0.1, -0.05) is 18.2 Å². The van der Waals surface area contributed by atoms with Crippen LogP contribution in [-0.2, 0) is 6.42 Å². The Morgan fingerprint density at radius 2 is 1.84 bits per heavy atom. The van der Waals surface area contributed by atoms with Gasteiger partial charge < -0.3 is 9.15 Å². The Morgan fingerprint density at radius 1 is 1.16 bits per heavy atom. The SMILES string of the molecule is COc1ccccc1CC(Cl)c1c(C)oc(C)c1C. The molecule has 1 unspecified atom stereocenters. The molecule has 0 amide bonds. The molecule has 0 aliphatic carbocycles. The summed E-state index contributed by atoms with van der Waals surface area (Å²) in [6, 6.07) is 7.97. The fourth-order valence-corrected chi connectivity index (χ4v) is 2.92. The smallest absolute Gasteiger partial charge is 0.122 e. The van der Waals surface area contributed by atoms with Crippen LogP contribution < -0.4 is 4.74 Å². The fraction of sp³-hybridized carbons (Fsp3) is 0.375. The molecule has 3 heteroatoms.